The maximum absolute atomic E-state index is 6.56. The van der Waals surface area contributed by atoms with Crippen LogP contribution in [0.15, 0.2) is 177 Å². The molecule has 0 aliphatic carbocycles. The van der Waals surface area contributed by atoms with E-state index in [4.69, 9.17) is 13.3 Å². The third kappa shape index (κ3) is 3.86. The fourth-order valence-electron chi connectivity index (χ4n) is 8.47. The number of benzene rings is 9. The van der Waals surface area contributed by atoms with Gasteiger partial charge in [0.05, 0.1) is 0 Å². The molecule has 3 heterocycles. The largest absolute Gasteiger partial charge is 0.456 e. The van der Waals surface area contributed by atoms with Crippen molar-refractivity contribution in [3.8, 4) is 0 Å². The van der Waals surface area contributed by atoms with Crippen LogP contribution in [-0.2, 0) is 0 Å². The standard InChI is InChI=1S/C48H27NO3/c1-4-10-34-28(7-1)13-22-40-46(34)37-19-16-31(25-43(37)50-40)49(32-17-20-38-44(26-32)51-41-23-14-29-8-2-5-11-35(29)47(38)41)33-18-21-39-45(27-33)52-42-24-15-30-9-3-6-12-36(30)48(39)42/h1-27H. The molecule has 0 amide bonds. The zero-order valence-electron chi connectivity index (χ0n) is 27.8. The first-order chi connectivity index (χ1) is 25.7. The van der Waals surface area contributed by atoms with Gasteiger partial charge in [-0.05, 0) is 86.9 Å². The topological polar surface area (TPSA) is 42.7 Å². The highest BCUT2D eigenvalue weighted by atomic mass is 16.3. The summed E-state index contributed by atoms with van der Waals surface area (Å²) in [5.41, 5.74) is 8.05. The van der Waals surface area contributed by atoms with E-state index in [0.717, 1.165) is 82.9 Å². The van der Waals surface area contributed by atoms with Crippen molar-refractivity contribution in [1.29, 1.82) is 0 Å². The second kappa shape index (κ2) is 10.3. The van der Waals surface area contributed by atoms with Gasteiger partial charge >= 0.3 is 0 Å². The van der Waals surface area contributed by atoms with E-state index >= 15 is 0 Å². The molecular formula is C48H27NO3. The minimum absolute atomic E-state index is 0.835. The van der Waals surface area contributed by atoms with Crippen molar-refractivity contribution in [3.05, 3.63) is 164 Å². The Labute approximate surface area is 296 Å². The van der Waals surface area contributed by atoms with Crippen molar-refractivity contribution < 1.29 is 13.3 Å². The minimum atomic E-state index is 0.835. The molecule has 0 unspecified atom stereocenters. The SMILES string of the molecule is c1ccc2c(c1)ccc1oc3cc(N(c4ccc5c(c4)oc4ccc6ccccc6c45)c4ccc5c(c4)oc4ccc6ccccc6c45)ccc3c12. The summed E-state index contributed by atoms with van der Waals surface area (Å²) in [7, 11) is 0. The van der Waals surface area contributed by atoms with Gasteiger partial charge in [-0.15, -0.1) is 0 Å². The molecule has 0 saturated heterocycles. The second-order valence-electron chi connectivity index (χ2n) is 13.7. The van der Waals surface area contributed by atoms with Gasteiger partial charge < -0.3 is 18.2 Å². The Bertz CT molecular complexity index is 3070. The molecule has 0 aliphatic rings. The van der Waals surface area contributed by atoms with Crippen LogP contribution in [0, 0.1) is 0 Å². The zero-order valence-corrected chi connectivity index (χ0v) is 27.8. The van der Waals surface area contributed by atoms with Gasteiger partial charge in [0.1, 0.15) is 33.5 Å². The Balaban J connectivity index is 1.10. The number of nitrogens with zero attached hydrogens (tertiary/aromatic N) is 1. The molecule has 9 aromatic carbocycles. The summed E-state index contributed by atoms with van der Waals surface area (Å²) >= 11 is 0. The van der Waals surface area contributed by atoms with Crippen molar-refractivity contribution in [3.63, 3.8) is 0 Å². The average Bonchev–Trinajstić information content (AvgIpc) is 3.89. The van der Waals surface area contributed by atoms with Crippen LogP contribution < -0.4 is 4.90 Å². The van der Waals surface area contributed by atoms with Crippen LogP contribution in [0.1, 0.15) is 0 Å². The van der Waals surface area contributed by atoms with E-state index in [0.29, 0.717) is 0 Å². The first kappa shape index (κ1) is 27.7. The van der Waals surface area contributed by atoms with Crippen LogP contribution in [0.2, 0.25) is 0 Å². The van der Waals surface area contributed by atoms with Crippen molar-refractivity contribution >= 4 is 115 Å². The monoisotopic (exact) mass is 665 g/mol. The molecule has 0 N–H and O–H groups in total. The summed E-state index contributed by atoms with van der Waals surface area (Å²) in [6.45, 7) is 0. The quantitative estimate of drug-likeness (QED) is 0.188. The van der Waals surface area contributed by atoms with Gasteiger partial charge in [-0.25, -0.2) is 0 Å². The molecule has 0 spiro atoms. The Hall–Kier alpha value is -7.04. The first-order valence-electron chi connectivity index (χ1n) is 17.6. The molecule has 242 valence electrons. The van der Waals surface area contributed by atoms with E-state index in [-0.39, 0.29) is 0 Å². The maximum atomic E-state index is 6.56. The highest BCUT2D eigenvalue weighted by molar-refractivity contribution is 6.21. The molecule has 4 nitrogen and oxygen atoms in total. The second-order valence-corrected chi connectivity index (χ2v) is 13.7. The number of fused-ring (bicyclic) bond motifs is 15. The van der Waals surface area contributed by atoms with Gasteiger partial charge in [0.25, 0.3) is 0 Å². The van der Waals surface area contributed by atoms with E-state index in [9.17, 15) is 0 Å². The van der Waals surface area contributed by atoms with Gasteiger partial charge in [-0.3, -0.25) is 0 Å². The fraction of sp³-hybridized carbons (Fsp3) is 0. The predicted molar refractivity (Wildman–Crippen MR) is 215 cm³/mol. The lowest BCUT2D eigenvalue weighted by Gasteiger charge is -2.25. The van der Waals surface area contributed by atoms with Gasteiger partial charge in [0, 0.05) is 67.6 Å². The van der Waals surface area contributed by atoms with E-state index in [1.54, 1.807) is 0 Å². The molecule has 0 saturated carbocycles. The van der Waals surface area contributed by atoms with E-state index < -0.39 is 0 Å². The Morgan fingerprint density at radius 2 is 0.596 bits per heavy atom. The summed E-state index contributed by atoms with van der Waals surface area (Å²) in [5.74, 6) is 0. The lowest BCUT2D eigenvalue weighted by molar-refractivity contribution is 0.669. The lowest BCUT2D eigenvalue weighted by atomic mass is 10.0. The molecule has 0 fully saturated rings. The maximum Gasteiger partial charge on any atom is 0.137 e. The third-order valence-corrected chi connectivity index (χ3v) is 10.8. The summed E-state index contributed by atoms with van der Waals surface area (Å²) in [5, 5.41) is 13.8. The minimum Gasteiger partial charge on any atom is -0.456 e. The van der Waals surface area contributed by atoms with Crippen LogP contribution in [-0.4, -0.2) is 0 Å². The first-order valence-corrected chi connectivity index (χ1v) is 17.6. The fourth-order valence-corrected chi connectivity index (χ4v) is 8.47. The van der Waals surface area contributed by atoms with Crippen molar-refractivity contribution in [2.24, 2.45) is 0 Å². The Morgan fingerprint density at radius 3 is 0.942 bits per heavy atom. The summed E-state index contributed by atoms with van der Waals surface area (Å²) in [4.78, 5) is 2.26. The Kier molecular flexibility index (Phi) is 5.47. The zero-order chi connectivity index (χ0) is 33.9. The lowest BCUT2D eigenvalue weighted by Crippen LogP contribution is -2.09. The molecule has 12 rings (SSSR count). The molecule has 0 atom stereocenters. The number of anilines is 3. The average molecular weight is 666 g/mol. The third-order valence-electron chi connectivity index (χ3n) is 10.8. The van der Waals surface area contributed by atoms with Gasteiger partial charge in [0.2, 0.25) is 0 Å². The van der Waals surface area contributed by atoms with Crippen molar-refractivity contribution in [1.82, 2.24) is 0 Å². The summed E-state index contributed by atoms with van der Waals surface area (Å²) in [6.07, 6.45) is 0. The van der Waals surface area contributed by atoms with E-state index in [1.807, 2.05) is 0 Å². The molecule has 0 radical (unpaired) electrons. The Morgan fingerprint density at radius 1 is 0.269 bits per heavy atom. The number of hydrogen-bond acceptors (Lipinski definition) is 4. The number of furan rings is 3. The van der Waals surface area contributed by atoms with Crippen molar-refractivity contribution in [2.45, 2.75) is 0 Å². The van der Waals surface area contributed by atoms with Gasteiger partial charge in [-0.1, -0.05) is 91.0 Å². The van der Waals surface area contributed by atoms with E-state index in [2.05, 4.69) is 169 Å². The van der Waals surface area contributed by atoms with Crippen LogP contribution >= 0.6 is 0 Å². The molecule has 4 heteroatoms. The molecule has 3 aromatic heterocycles. The summed E-state index contributed by atoms with van der Waals surface area (Å²) < 4.78 is 19.7. The number of rotatable bonds is 3. The van der Waals surface area contributed by atoms with Crippen LogP contribution in [0.4, 0.5) is 17.1 Å². The molecule has 52 heavy (non-hydrogen) atoms. The smallest absolute Gasteiger partial charge is 0.137 e. The van der Waals surface area contributed by atoms with E-state index in [1.165, 1.54) is 32.3 Å². The van der Waals surface area contributed by atoms with Crippen LogP contribution in [0.25, 0.3) is 98.1 Å². The van der Waals surface area contributed by atoms with Crippen LogP contribution in [0.3, 0.4) is 0 Å². The molecule has 0 bridgehead atoms. The highest BCUT2D eigenvalue weighted by Crippen LogP contribution is 2.44. The highest BCUT2D eigenvalue weighted by Gasteiger charge is 2.21. The summed E-state index contributed by atoms with van der Waals surface area (Å²) in [6, 6.07) is 57.7. The predicted octanol–water partition coefficient (Wildman–Crippen LogP) is 14.3. The van der Waals surface area contributed by atoms with Gasteiger partial charge in [0.15, 0.2) is 0 Å². The number of hydrogen-bond donors (Lipinski definition) is 0. The molecular weight excluding hydrogens is 639 g/mol. The normalized spacial score (nSPS) is 12.2. The van der Waals surface area contributed by atoms with Gasteiger partial charge in [-0.2, -0.15) is 0 Å². The van der Waals surface area contributed by atoms with Crippen molar-refractivity contribution in [2.75, 3.05) is 4.90 Å². The van der Waals surface area contributed by atoms with Crippen LogP contribution in [0.5, 0.6) is 0 Å². The molecule has 12 aromatic rings. The molecule has 0 aliphatic heterocycles.